The molecule has 1 amide bonds. The van der Waals surface area contributed by atoms with Crippen molar-refractivity contribution in [1.82, 2.24) is 4.90 Å². The lowest BCUT2D eigenvalue weighted by Crippen LogP contribution is -2.21. The topological polar surface area (TPSA) is 46.3 Å². The number of carbonyl (C=O) groups is 1. The van der Waals surface area contributed by atoms with E-state index in [9.17, 15) is 4.79 Å². The Bertz CT molecular complexity index is 254. The van der Waals surface area contributed by atoms with Gasteiger partial charge in [-0.25, -0.2) is 0 Å². The van der Waals surface area contributed by atoms with Gasteiger partial charge in [-0.3, -0.25) is 4.79 Å². The standard InChI is InChI=1S/C9H11NO.CH5N/c1-4-7-6-10(3)9(11)8(7)5-2;1-2/h4-5H,1-2,6H2,3H3;2H2,1H3. The molecule has 1 aliphatic heterocycles. The minimum atomic E-state index is 0.0369. The number of hydrogen-bond acceptors (Lipinski definition) is 2. The largest absolute Gasteiger partial charge is 0.337 e. The third kappa shape index (κ3) is 2.29. The van der Waals surface area contributed by atoms with E-state index in [-0.39, 0.29) is 5.91 Å². The molecule has 1 aliphatic rings. The first kappa shape index (κ1) is 11.6. The second kappa shape index (κ2) is 5.32. The van der Waals surface area contributed by atoms with E-state index >= 15 is 0 Å². The van der Waals surface area contributed by atoms with Crippen molar-refractivity contribution in [2.75, 3.05) is 20.6 Å². The summed E-state index contributed by atoms with van der Waals surface area (Å²) in [5.41, 5.74) is 6.15. The lowest BCUT2D eigenvalue weighted by molar-refractivity contribution is -0.124. The minimum absolute atomic E-state index is 0.0369. The number of nitrogens with zero attached hydrogens (tertiary/aromatic N) is 1. The SMILES string of the molecule is C=CC1=C(C=C)C(=O)N(C)C1.CN. The number of nitrogens with two attached hydrogens (primary N) is 1. The van der Waals surface area contributed by atoms with Crippen LogP contribution in [0.5, 0.6) is 0 Å². The Balaban J connectivity index is 0.000000671. The van der Waals surface area contributed by atoms with E-state index in [4.69, 9.17) is 0 Å². The van der Waals surface area contributed by atoms with Crippen molar-refractivity contribution in [2.45, 2.75) is 0 Å². The summed E-state index contributed by atoms with van der Waals surface area (Å²) in [5.74, 6) is 0.0369. The first-order valence-corrected chi connectivity index (χ1v) is 4.02. The van der Waals surface area contributed by atoms with Crippen molar-refractivity contribution in [2.24, 2.45) is 5.73 Å². The average molecular weight is 180 g/mol. The molecule has 1 rings (SSSR count). The number of likely N-dealkylation sites (N-methyl/N-ethyl adjacent to an activating group) is 1. The zero-order chi connectivity index (χ0) is 10.4. The average Bonchev–Trinajstić information content (AvgIpc) is 2.46. The maximum atomic E-state index is 11.3. The first-order valence-electron chi connectivity index (χ1n) is 4.02. The Kier molecular flexibility index (Phi) is 4.77. The molecule has 0 unspecified atom stereocenters. The van der Waals surface area contributed by atoms with E-state index in [1.54, 1.807) is 24.1 Å². The van der Waals surface area contributed by atoms with Gasteiger partial charge in [0.1, 0.15) is 0 Å². The van der Waals surface area contributed by atoms with E-state index in [1.165, 1.54) is 7.05 Å². The fourth-order valence-corrected chi connectivity index (χ4v) is 1.15. The highest BCUT2D eigenvalue weighted by Gasteiger charge is 2.22. The third-order valence-corrected chi connectivity index (χ3v) is 1.78. The summed E-state index contributed by atoms with van der Waals surface area (Å²) < 4.78 is 0. The quantitative estimate of drug-likeness (QED) is 0.680. The summed E-state index contributed by atoms with van der Waals surface area (Å²) >= 11 is 0. The van der Waals surface area contributed by atoms with E-state index in [1.807, 2.05) is 0 Å². The van der Waals surface area contributed by atoms with Crippen LogP contribution in [0.2, 0.25) is 0 Å². The van der Waals surface area contributed by atoms with Gasteiger partial charge in [-0.05, 0) is 12.6 Å². The van der Waals surface area contributed by atoms with Crippen molar-refractivity contribution in [1.29, 1.82) is 0 Å². The molecule has 0 radical (unpaired) electrons. The van der Waals surface area contributed by atoms with Crippen LogP contribution in [-0.4, -0.2) is 31.4 Å². The molecule has 2 N–H and O–H groups in total. The summed E-state index contributed by atoms with van der Waals surface area (Å²) in [4.78, 5) is 12.9. The summed E-state index contributed by atoms with van der Waals surface area (Å²) in [7, 11) is 3.27. The molecule has 0 saturated carbocycles. The van der Waals surface area contributed by atoms with Crippen LogP contribution in [0.15, 0.2) is 36.5 Å². The van der Waals surface area contributed by atoms with Crippen molar-refractivity contribution < 1.29 is 4.79 Å². The Morgan fingerprint density at radius 2 is 1.92 bits per heavy atom. The smallest absolute Gasteiger partial charge is 0.254 e. The number of rotatable bonds is 2. The molecule has 0 fully saturated rings. The molecular weight excluding hydrogens is 164 g/mol. The van der Waals surface area contributed by atoms with Crippen LogP contribution in [0.1, 0.15) is 0 Å². The number of hydrogen-bond donors (Lipinski definition) is 1. The summed E-state index contributed by atoms with van der Waals surface area (Å²) in [6.45, 7) is 7.85. The second-order valence-electron chi connectivity index (χ2n) is 2.51. The van der Waals surface area contributed by atoms with Crippen molar-refractivity contribution in [3.63, 3.8) is 0 Å². The molecule has 3 heteroatoms. The van der Waals surface area contributed by atoms with E-state index in [0.717, 1.165) is 5.57 Å². The van der Waals surface area contributed by atoms with Gasteiger partial charge < -0.3 is 10.6 Å². The van der Waals surface area contributed by atoms with Gasteiger partial charge in [0.25, 0.3) is 5.91 Å². The summed E-state index contributed by atoms with van der Waals surface area (Å²) in [5, 5.41) is 0. The molecule has 0 aliphatic carbocycles. The molecular formula is C10H16N2O. The zero-order valence-corrected chi connectivity index (χ0v) is 8.21. The molecule has 0 aromatic carbocycles. The Hall–Kier alpha value is -1.35. The van der Waals surface area contributed by atoms with E-state index in [2.05, 4.69) is 18.9 Å². The van der Waals surface area contributed by atoms with Crippen LogP contribution < -0.4 is 5.73 Å². The highest BCUT2D eigenvalue weighted by molar-refractivity contribution is 6.00. The van der Waals surface area contributed by atoms with E-state index < -0.39 is 0 Å². The first-order chi connectivity index (χ1) is 6.20. The molecule has 0 saturated heterocycles. The van der Waals surface area contributed by atoms with Gasteiger partial charge in [-0.2, -0.15) is 0 Å². The van der Waals surface area contributed by atoms with Crippen LogP contribution in [0.4, 0.5) is 0 Å². The molecule has 0 aromatic heterocycles. The number of amides is 1. The highest BCUT2D eigenvalue weighted by Crippen LogP contribution is 2.18. The van der Waals surface area contributed by atoms with Crippen LogP contribution in [0.3, 0.4) is 0 Å². The minimum Gasteiger partial charge on any atom is -0.337 e. The van der Waals surface area contributed by atoms with Crippen molar-refractivity contribution in [3.05, 3.63) is 36.5 Å². The molecule has 0 atom stereocenters. The van der Waals surface area contributed by atoms with Gasteiger partial charge in [0.15, 0.2) is 0 Å². The van der Waals surface area contributed by atoms with Crippen molar-refractivity contribution >= 4 is 5.91 Å². The van der Waals surface area contributed by atoms with Gasteiger partial charge in [0.05, 0.1) is 0 Å². The van der Waals surface area contributed by atoms with Gasteiger partial charge in [0, 0.05) is 19.2 Å². The predicted octanol–water partition coefficient (Wildman–Crippen LogP) is 0.702. The summed E-state index contributed by atoms with van der Waals surface area (Å²) in [6.07, 6.45) is 3.29. The van der Waals surface area contributed by atoms with Gasteiger partial charge in [-0.15, -0.1) is 0 Å². The van der Waals surface area contributed by atoms with E-state index in [0.29, 0.717) is 12.1 Å². The fraction of sp³-hybridized carbons (Fsp3) is 0.300. The van der Waals surface area contributed by atoms with Crippen molar-refractivity contribution in [3.8, 4) is 0 Å². The lowest BCUT2D eigenvalue weighted by Gasteiger charge is -2.06. The lowest BCUT2D eigenvalue weighted by atomic mass is 10.1. The molecule has 1 heterocycles. The molecule has 13 heavy (non-hydrogen) atoms. The number of carbonyl (C=O) groups excluding carboxylic acids is 1. The Morgan fingerprint density at radius 3 is 2.23 bits per heavy atom. The zero-order valence-electron chi connectivity index (χ0n) is 8.21. The fourth-order valence-electron chi connectivity index (χ4n) is 1.15. The van der Waals surface area contributed by atoms with Crippen LogP contribution in [0.25, 0.3) is 0 Å². The Morgan fingerprint density at radius 1 is 1.38 bits per heavy atom. The molecule has 72 valence electrons. The molecule has 0 bridgehead atoms. The second-order valence-corrected chi connectivity index (χ2v) is 2.51. The Labute approximate surface area is 79.2 Å². The summed E-state index contributed by atoms with van der Waals surface area (Å²) in [6, 6.07) is 0. The maximum absolute atomic E-state index is 11.3. The predicted molar refractivity (Wildman–Crippen MR) is 55.2 cm³/mol. The molecule has 0 spiro atoms. The molecule has 3 nitrogen and oxygen atoms in total. The highest BCUT2D eigenvalue weighted by atomic mass is 16.2. The van der Waals surface area contributed by atoms with Gasteiger partial charge >= 0.3 is 0 Å². The van der Waals surface area contributed by atoms with Crippen LogP contribution in [0, 0.1) is 0 Å². The monoisotopic (exact) mass is 180 g/mol. The van der Waals surface area contributed by atoms with Crippen LogP contribution >= 0.6 is 0 Å². The normalized spacial score (nSPS) is 15.3. The molecule has 0 aromatic rings. The third-order valence-electron chi connectivity index (χ3n) is 1.78. The van der Waals surface area contributed by atoms with Gasteiger partial charge in [0.2, 0.25) is 0 Å². The van der Waals surface area contributed by atoms with Crippen LogP contribution in [-0.2, 0) is 4.79 Å². The maximum Gasteiger partial charge on any atom is 0.254 e. The van der Waals surface area contributed by atoms with Gasteiger partial charge in [-0.1, -0.05) is 25.3 Å².